The van der Waals surface area contributed by atoms with Gasteiger partial charge in [0, 0.05) is 35.2 Å². The molecular formula is C22H30N4O2+2. The van der Waals surface area contributed by atoms with E-state index in [1.54, 1.807) is 29.2 Å². The summed E-state index contributed by atoms with van der Waals surface area (Å²) in [5.41, 5.74) is 9.00. The average Bonchev–Trinajstić information content (AvgIpc) is 3.20. The Hall–Kier alpha value is -2.70. The Morgan fingerprint density at radius 1 is 1.07 bits per heavy atom. The van der Waals surface area contributed by atoms with Gasteiger partial charge in [0.25, 0.3) is 5.91 Å². The third-order valence-corrected chi connectivity index (χ3v) is 5.41. The van der Waals surface area contributed by atoms with Gasteiger partial charge in [-0.2, -0.15) is 0 Å². The molecule has 1 aliphatic rings. The lowest BCUT2D eigenvalue weighted by Gasteiger charge is -2.16. The van der Waals surface area contributed by atoms with Gasteiger partial charge in [-0.1, -0.05) is 24.3 Å². The molecule has 6 N–H and O–H groups in total. The number of hydrogen-bond acceptors (Lipinski definition) is 2. The Morgan fingerprint density at radius 3 is 2.36 bits per heavy atom. The van der Waals surface area contributed by atoms with Crippen molar-refractivity contribution in [2.75, 3.05) is 18.4 Å². The highest BCUT2D eigenvalue weighted by atomic mass is 16.2. The summed E-state index contributed by atoms with van der Waals surface area (Å²) in [4.78, 5) is 25.3. The highest BCUT2D eigenvalue weighted by molar-refractivity contribution is 5.95. The second-order valence-corrected chi connectivity index (χ2v) is 7.56. The van der Waals surface area contributed by atoms with Crippen LogP contribution in [0.25, 0.3) is 0 Å². The zero-order chi connectivity index (χ0) is 19.9. The number of likely N-dealkylation sites (tertiary alicyclic amines) is 1. The Bertz CT molecular complexity index is 814. The fourth-order valence-corrected chi connectivity index (χ4v) is 3.63. The van der Waals surface area contributed by atoms with Crippen LogP contribution in [0.1, 0.15) is 41.3 Å². The third-order valence-electron chi connectivity index (χ3n) is 5.41. The summed E-state index contributed by atoms with van der Waals surface area (Å²) >= 11 is 0. The molecule has 0 aromatic heterocycles. The summed E-state index contributed by atoms with van der Waals surface area (Å²) in [6, 6.07) is 14.9. The van der Waals surface area contributed by atoms with E-state index in [-0.39, 0.29) is 11.9 Å². The molecule has 0 unspecified atom stereocenters. The molecule has 1 fully saturated rings. The topological polar surface area (TPSA) is 93.2 Å². The highest BCUT2D eigenvalue weighted by Crippen LogP contribution is 2.10. The lowest BCUT2D eigenvalue weighted by atomic mass is 10.1. The normalized spacial score (nSPS) is 15.3. The minimum atomic E-state index is -0.478. The summed E-state index contributed by atoms with van der Waals surface area (Å²) in [5, 5.41) is 4.95. The molecule has 0 spiro atoms. The van der Waals surface area contributed by atoms with Crippen molar-refractivity contribution in [2.24, 2.45) is 5.73 Å². The first kappa shape index (κ1) is 20.0. The lowest BCUT2D eigenvalue weighted by molar-refractivity contribution is -0.901. The average molecular weight is 383 g/mol. The van der Waals surface area contributed by atoms with E-state index < -0.39 is 5.91 Å². The van der Waals surface area contributed by atoms with E-state index in [1.807, 2.05) is 6.92 Å². The van der Waals surface area contributed by atoms with E-state index in [9.17, 15) is 9.59 Å². The summed E-state index contributed by atoms with van der Waals surface area (Å²) in [6.45, 7) is 6.26. The molecule has 28 heavy (non-hydrogen) atoms. The van der Waals surface area contributed by atoms with Crippen molar-refractivity contribution in [2.45, 2.75) is 38.9 Å². The molecule has 2 aromatic rings. The third kappa shape index (κ3) is 5.41. The fourth-order valence-electron chi connectivity index (χ4n) is 3.63. The smallest absolute Gasteiger partial charge is 0.282 e. The van der Waals surface area contributed by atoms with E-state index in [0.29, 0.717) is 11.3 Å². The monoisotopic (exact) mass is 382 g/mol. The maximum absolute atomic E-state index is 12.5. The Labute approximate surface area is 166 Å². The molecule has 6 heteroatoms. The van der Waals surface area contributed by atoms with Crippen LogP contribution in [0.2, 0.25) is 0 Å². The van der Waals surface area contributed by atoms with Crippen molar-refractivity contribution < 1.29 is 19.8 Å². The first-order chi connectivity index (χ1) is 13.5. The molecule has 0 radical (unpaired) electrons. The zero-order valence-electron chi connectivity index (χ0n) is 16.4. The largest absolute Gasteiger partial charge is 0.366 e. The molecule has 2 amide bonds. The van der Waals surface area contributed by atoms with Gasteiger partial charge in [-0.05, 0) is 31.2 Å². The molecule has 1 saturated heterocycles. The van der Waals surface area contributed by atoms with E-state index in [2.05, 4.69) is 34.9 Å². The first-order valence-corrected chi connectivity index (χ1v) is 9.97. The van der Waals surface area contributed by atoms with Gasteiger partial charge >= 0.3 is 0 Å². The fraction of sp³-hybridized carbons (Fsp3) is 0.364. The van der Waals surface area contributed by atoms with Gasteiger partial charge in [-0.3, -0.25) is 9.59 Å². The Kier molecular flexibility index (Phi) is 6.79. The predicted molar refractivity (Wildman–Crippen MR) is 109 cm³/mol. The summed E-state index contributed by atoms with van der Waals surface area (Å²) in [5.74, 6) is -0.538. The van der Waals surface area contributed by atoms with E-state index in [1.165, 1.54) is 37.1 Å². The van der Waals surface area contributed by atoms with Crippen molar-refractivity contribution in [3.05, 3.63) is 65.2 Å². The molecular weight excluding hydrogens is 352 g/mol. The van der Waals surface area contributed by atoms with Gasteiger partial charge in [0.2, 0.25) is 5.91 Å². The van der Waals surface area contributed by atoms with Crippen molar-refractivity contribution in [1.29, 1.82) is 0 Å². The number of primary amides is 1. The Balaban J connectivity index is 1.54. The molecule has 1 aliphatic heterocycles. The number of amides is 2. The number of rotatable bonds is 8. The van der Waals surface area contributed by atoms with Crippen molar-refractivity contribution in [3.8, 4) is 0 Å². The molecule has 3 rings (SSSR count). The summed E-state index contributed by atoms with van der Waals surface area (Å²) in [7, 11) is 0. The quantitative estimate of drug-likeness (QED) is 0.520. The molecule has 1 heterocycles. The van der Waals surface area contributed by atoms with Crippen LogP contribution in [0.4, 0.5) is 5.69 Å². The van der Waals surface area contributed by atoms with Gasteiger partial charge in [0.15, 0.2) is 6.04 Å². The molecule has 0 saturated carbocycles. The maximum atomic E-state index is 12.5. The molecule has 0 aliphatic carbocycles. The predicted octanol–water partition coefficient (Wildman–Crippen LogP) is 0.0548. The molecule has 0 bridgehead atoms. The van der Waals surface area contributed by atoms with Crippen LogP contribution in [-0.2, 0) is 17.9 Å². The van der Waals surface area contributed by atoms with Crippen LogP contribution in [0.3, 0.4) is 0 Å². The molecule has 2 aromatic carbocycles. The van der Waals surface area contributed by atoms with Crippen LogP contribution in [0.5, 0.6) is 0 Å². The van der Waals surface area contributed by atoms with Gasteiger partial charge in [-0.15, -0.1) is 0 Å². The maximum Gasteiger partial charge on any atom is 0.282 e. The van der Waals surface area contributed by atoms with Gasteiger partial charge in [0.1, 0.15) is 13.1 Å². The minimum Gasteiger partial charge on any atom is -0.366 e. The van der Waals surface area contributed by atoms with Gasteiger partial charge in [0.05, 0.1) is 13.1 Å². The minimum absolute atomic E-state index is 0.0607. The highest BCUT2D eigenvalue weighted by Gasteiger charge is 2.20. The number of carbonyl (C=O) groups excluding carboxylic acids is 2. The van der Waals surface area contributed by atoms with Gasteiger partial charge in [-0.25, -0.2) is 0 Å². The second-order valence-electron chi connectivity index (χ2n) is 7.56. The van der Waals surface area contributed by atoms with Crippen molar-refractivity contribution in [3.63, 3.8) is 0 Å². The van der Waals surface area contributed by atoms with Crippen molar-refractivity contribution >= 4 is 17.5 Å². The number of anilines is 1. The Morgan fingerprint density at radius 2 is 1.71 bits per heavy atom. The van der Waals surface area contributed by atoms with E-state index in [0.717, 1.165) is 13.1 Å². The van der Waals surface area contributed by atoms with Crippen LogP contribution in [0, 0.1) is 0 Å². The molecule has 148 valence electrons. The number of quaternary nitrogens is 2. The number of benzene rings is 2. The molecule has 6 nitrogen and oxygen atoms in total. The second kappa shape index (κ2) is 9.48. The number of hydrogen-bond donors (Lipinski definition) is 4. The van der Waals surface area contributed by atoms with E-state index in [4.69, 9.17) is 5.73 Å². The van der Waals surface area contributed by atoms with Crippen LogP contribution >= 0.6 is 0 Å². The summed E-state index contributed by atoms with van der Waals surface area (Å²) < 4.78 is 0. The van der Waals surface area contributed by atoms with Crippen LogP contribution in [-0.4, -0.2) is 30.9 Å². The van der Waals surface area contributed by atoms with Crippen molar-refractivity contribution in [1.82, 2.24) is 0 Å². The van der Waals surface area contributed by atoms with Crippen LogP contribution < -0.4 is 21.3 Å². The van der Waals surface area contributed by atoms with Gasteiger partial charge < -0.3 is 21.3 Å². The van der Waals surface area contributed by atoms with Crippen LogP contribution in [0.15, 0.2) is 48.5 Å². The number of nitrogens with two attached hydrogens (primary N) is 2. The SMILES string of the molecule is C[C@H]([NH2+]Cc1ccccc1C[NH+]1CCCC1)C(=O)Nc1ccc(C(N)=O)cc1. The lowest BCUT2D eigenvalue weighted by Crippen LogP contribution is -3.08. The zero-order valence-corrected chi connectivity index (χ0v) is 16.4. The number of nitrogens with one attached hydrogen (secondary N) is 2. The number of carbonyl (C=O) groups is 2. The summed E-state index contributed by atoms with van der Waals surface area (Å²) in [6.07, 6.45) is 2.64. The first-order valence-electron chi connectivity index (χ1n) is 9.97. The standard InChI is InChI=1S/C22H28N4O2/c1-16(22(28)25-20-10-8-17(9-11-20)21(23)27)24-14-18-6-2-3-7-19(18)15-26-12-4-5-13-26/h2-3,6-11,16,24H,4-5,12-15H2,1H3,(H2,23,27)(H,25,28)/p+2/t16-/m0/s1. The molecule has 1 atom stereocenters. The van der Waals surface area contributed by atoms with E-state index >= 15 is 0 Å².